The number of ether oxygens (including phenoxy) is 1. The summed E-state index contributed by atoms with van der Waals surface area (Å²) in [4.78, 5) is 21.7. The molecule has 5 heteroatoms. The Morgan fingerprint density at radius 3 is 2.21 bits per heavy atom. The second-order valence-electron chi connectivity index (χ2n) is 2.83. The minimum Gasteiger partial charge on any atom is -0.502 e. The number of hydrogen-bond acceptors (Lipinski definition) is 3. The molecule has 80 valence electrons. The van der Waals surface area contributed by atoms with Gasteiger partial charge in [0.15, 0.2) is 5.41 Å². The maximum atomic E-state index is 10.8. The molecule has 2 N–H and O–H groups in total. The molecule has 0 saturated carbocycles. The van der Waals surface area contributed by atoms with Crippen LogP contribution in [0.1, 0.15) is 19.8 Å². The first-order valence-electron chi connectivity index (χ1n) is 4.20. The van der Waals surface area contributed by atoms with E-state index in [2.05, 4.69) is 6.58 Å². The van der Waals surface area contributed by atoms with Crippen LogP contribution in [0.4, 0.5) is 0 Å². The van der Waals surface area contributed by atoms with Crippen LogP contribution in [0.5, 0.6) is 0 Å². The van der Waals surface area contributed by atoms with E-state index in [-0.39, 0.29) is 19.4 Å². The van der Waals surface area contributed by atoms with Crippen molar-refractivity contribution >= 4 is 11.9 Å². The average Bonchev–Trinajstić information content (AvgIpc) is 2.11. The molecule has 5 nitrogen and oxygen atoms in total. The Labute approximate surface area is 82.0 Å². The van der Waals surface area contributed by atoms with Gasteiger partial charge >= 0.3 is 11.9 Å². The van der Waals surface area contributed by atoms with Gasteiger partial charge in [0.1, 0.15) is 0 Å². The van der Waals surface area contributed by atoms with Crippen molar-refractivity contribution in [1.29, 1.82) is 0 Å². The van der Waals surface area contributed by atoms with E-state index >= 15 is 0 Å². The van der Waals surface area contributed by atoms with Crippen LogP contribution in [0.15, 0.2) is 12.8 Å². The Bertz CT molecular complexity index is 219. The molecule has 0 fully saturated rings. The maximum Gasteiger partial charge on any atom is 0.321 e. The fraction of sp³-hybridized carbons (Fsp3) is 0.556. The number of carboxylic acids is 2. The molecule has 0 radical (unpaired) electrons. The van der Waals surface area contributed by atoms with Crippen LogP contribution in [-0.2, 0) is 14.3 Å². The maximum absolute atomic E-state index is 10.8. The summed E-state index contributed by atoms with van der Waals surface area (Å²) >= 11 is 0. The van der Waals surface area contributed by atoms with E-state index < -0.39 is 17.4 Å². The predicted molar refractivity (Wildman–Crippen MR) is 48.8 cm³/mol. The third kappa shape index (κ3) is 2.48. The van der Waals surface area contributed by atoms with Crippen LogP contribution < -0.4 is 0 Å². The van der Waals surface area contributed by atoms with Crippen LogP contribution >= 0.6 is 0 Å². The van der Waals surface area contributed by atoms with E-state index in [9.17, 15) is 9.59 Å². The van der Waals surface area contributed by atoms with Gasteiger partial charge in [-0.1, -0.05) is 13.5 Å². The van der Waals surface area contributed by atoms with Crippen molar-refractivity contribution in [2.24, 2.45) is 5.41 Å². The van der Waals surface area contributed by atoms with E-state index in [4.69, 9.17) is 14.9 Å². The van der Waals surface area contributed by atoms with Gasteiger partial charge in [-0.05, 0) is 6.42 Å². The SMILES string of the molecule is C=COCCC(CC)(C(=O)O)C(=O)O. The predicted octanol–water partition coefficient (Wildman–Crippen LogP) is 1.10. The second kappa shape index (κ2) is 5.26. The van der Waals surface area contributed by atoms with Gasteiger partial charge in [-0.15, -0.1) is 0 Å². The molecule has 0 saturated heterocycles. The smallest absolute Gasteiger partial charge is 0.321 e. The fourth-order valence-corrected chi connectivity index (χ4v) is 1.10. The number of carboxylic acid groups (broad SMARTS) is 2. The summed E-state index contributed by atoms with van der Waals surface area (Å²) < 4.78 is 4.73. The van der Waals surface area contributed by atoms with Crippen molar-refractivity contribution in [2.45, 2.75) is 19.8 Å². The van der Waals surface area contributed by atoms with Crippen molar-refractivity contribution in [3.8, 4) is 0 Å². The Kier molecular flexibility index (Phi) is 4.69. The molecule has 0 amide bonds. The van der Waals surface area contributed by atoms with Crippen LogP contribution in [0.3, 0.4) is 0 Å². The quantitative estimate of drug-likeness (QED) is 0.367. The van der Waals surface area contributed by atoms with Crippen LogP contribution in [-0.4, -0.2) is 28.8 Å². The molecule has 14 heavy (non-hydrogen) atoms. The first-order valence-corrected chi connectivity index (χ1v) is 4.20. The number of aliphatic carboxylic acids is 2. The Hall–Kier alpha value is -1.52. The highest BCUT2D eigenvalue weighted by Gasteiger charge is 2.44. The number of hydrogen-bond donors (Lipinski definition) is 2. The lowest BCUT2D eigenvalue weighted by Crippen LogP contribution is -2.39. The van der Waals surface area contributed by atoms with E-state index in [1.165, 1.54) is 6.92 Å². The molecule has 0 unspecified atom stereocenters. The van der Waals surface area contributed by atoms with Gasteiger partial charge in [-0.2, -0.15) is 0 Å². The number of carbonyl (C=O) groups is 2. The minimum atomic E-state index is -1.75. The molecule has 0 aliphatic heterocycles. The first kappa shape index (κ1) is 12.5. The molecule has 0 aliphatic carbocycles. The monoisotopic (exact) mass is 202 g/mol. The average molecular weight is 202 g/mol. The highest BCUT2D eigenvalue weighted by atomic mass is 16.5. The summed E-state index contributed by atoms with van der Waals surface area (Å²) in [5.74, 6) is -2.67. The zero-order valence-corrected chi connectivity index (χ0v) is 8.02. The normalized spacial score (nSPS) is 10.6. The Morgan fingerprint density at radius 1 is 1.43 bits per heavy atom. The highest BCUT2D eigenvalue weighted by molar-refractivity contribution is 5.98. The molecule has 0 heterocycles. The lowest BCUT2D eigenvalue weighted by molar-refractivity contribution is -0.166. The highest BCUT2D eigenvalue weighted by Crippen LogP contribution is 2.27. The van der Waals surface area contributed by atoms with Crippen LogP contribution in [0, 0.1) is 5.41 Å². The first-order chi connectivity index (χ1) is 6.51. The number of rotatable bonds is 7. The van der Waals surface area contributed by atoms with Gasteiger partial charge in [0, 0.05) is 6.42 Å². The van der Waals surface area contributed by atoms with Gasteiger partial charge in [0.2, 0.25) is 0 Å². The van der Waals surface area contributed by atoms with Crippen molar-refractivity contribution < 1.29 is 24.5 Å². The molecular formula is C9H14O5. The van der Waals surface area contributed by atoms with Crippen LogP contribution in [0.2, 0.25) is 0 Å². The fourth-order valence-electron chi connectivity index (χ4n) is 1.10. The molecule has 0 spiro atoms. The van der Waals surface area contributed by atoms with Gasteiger partial charge < -0.3 is 14.9 Å². The summed E-state index contributed by atoms with van der Waals surface area (Å²) in [5, 5.41) is 17.7. The van der Waals surface area contributed by atoms with Gasteiger partial charge in [0.25, 0.3) is 0 Å². The summed E-state index contributed by atoms with van der Waals surface area (Å²) in [6.07, 6.45) is 1.11. The topological polar surface area (TPSA) is 83.8 Å². The van der Waals surface area contributed by atoms with Crippen LogP contribution in [0.25, 0.3) is 0 Å². The summed E-state index contributed by atoms with van der Waals surface area (Å²) in [5.41, 5.74) is -1.75. The van der Waals surface area contributed by atoms with Gasteiger partial charge in [-0.25, -0.2) is 0 Å². The lowest BCUT2D eigenvalue weighted by atomic mass is 9.82. The van der Waals surface area contributed by atoms with Crippen molar-refractivity contribution in [2.75, 3.05) is 6.61 Å². The molecule has 0 aromatic carbocycles. The summed E-state index contributed by atoms with van der Waals surface area (Å²) in [6, 6.07) is 0. The molecule has 0 aromatic heterocycles. The largest absolute Gasteiger partial charge is 0.502 e. The van der Waals surface area contributed by atoms with E-state index in [1.54, 1.807) is 0 Å². The third-order valence-electron chi connectivity index (χ3n) is 2.19. The minimum absolute atomic E-state index is 0.0260. The Balaban J connectivity index is 4.59. The van der Waals surface area contributed by atoms with Gasteiger partial charge in [0.05, 0.1) is 12.9 Å². The van der Waals surface area contributed by atoms with E-state index in [1.807, 2.05) is 0 Å². The zero-order chi connectivity index (χ0) is 11.2. The Morgan fingerprint density at radius 2 is 1.93 bits per heavy atom. The molecule has 0 atom stereocenters. The molecule has 0 aliphatic rings. The van der Waals surface area contributed by atoms with E-state index in [0.717, 1.165) is 6.26 Å². The van der Waals surface area contributed by atoms with Crippen molar-refractivity contribution in [1.82, 2.24) is 0 Å². The molecule has 0 aromatic rings. The standard InChI is InChI=1S/C9H14O5/c1-3-9(7(10)11,8(12)13)5-6-14-4-2/h4H,2-3,5-6H2,1H3,(H,10,11)(H,12,13). The lowest BCUT2D eigenvalue weighted by Gasteiger charge is -2.22. The molecular weight excluding hydrogens is 188 g/mol. The molecule has 0 rings (SSSR count). The van der Waals surface area contributed by atoms with Crippen molar-refractivity contribution in [3.05, 3.63) is 12.8 Å². The zero-order valence-electron chi connectivity index (χ0n) is 8.02. The van der Waals surface area contributed by atoms with Crippen molar-refractivity contribution in [3.63, 3.8) is 0 Å². The van der Waals surface area contributed by atoms with Gasteiger partial charge in [-0.3, -0.25) is 9.59 Å². The second-order valence-corrected chi connectivity index (χ2v) is 2.83. The third-order valence-corrected chi connectivity index (χ3v) is 2.19. The van der Waals surface area contributed by atoms with E-state index in [0.29, 0.717) is 0 Å². The summed E-state index contributed by atoms with van der Waals surface area (Å²) in [6.45, 7) is 4.84. The molecule has 0 bridgehead atoms. The summed E-state index contributed by atoms with van der Waals surface area (Å²) in [7, 11) is 0.